The molecule has 10 heteroatoms. The fraction of sp³-hybridized carbons (Fsp3) is 0.641. The number of ether oxygens (including phenoxy) is 4. The summed E-state index contributed by atoms with van der Waals surface area (Å²) in [6.45, 7) is 12.5. The quantitative estimate of drug-likeness (QED) is 0.400. The van der Waals surface area contributed by atoms with Crippen LogP contribution in [0.1, 0.15) is 88.6 Å². The van der Waals surface area contributed by atoms with Gasteiger partial charge in [-0.2, -0.15) is 0 Å². The van der Waals surface area contributed by atoms with Crippen LogP contribution >= 0.6 is 0 Å². The summed E-state index contributed by atoms with van der Waals surface area (Å²) in [5.41, 5.74) is 2.85. The van der Waals surface area contributed by atoms with Gasteiger partial charge in [0, 0.05) is 56.9 Å². The molecule has 4 aliphatic heterocycles. The molecule has 2 fully saturated rings. The van der Waals surface area contributed by atoms with Crippen molar-refractivity contribution in [3.8, 4) is 23.0 Å². The number of methoxy groups -OCH3 is 4. The van der Waals surface area contributed by atoms with Crippen LogP contribution in [0.2, 0.25) is 0 Å². The molecule has 10 nitrogen and oxygen atoms in total. The molecule has 2 saturated heterocycles. The number of piperidine rings is 2. The summed E-state index contributed by atoms with van der Waals surface area (Å²) in [5, 5.41) is 20.2. The monoisotopic (exact) mass is 680 g/mol. The van der Waals surface area contributed by atoms with Crippen LogP contribution in [0.5, 0.6) is 23.0 Å². The second kappa shape index (κ2) is 14.2. The van der Waals surface area contributed by atoms with Gasteiger partial charge in [0.1, 0.15) is 11.6 Å². The Labute approximate surface area is 291 Å². The van der Waals surface area contributed by atoms with Crippen molar-refractivity contribution in [2.24, 2.45) is 11.8 Å². The van der Waals surface area contributed by atoms with Gasteiger partial charge in [-0.25, -0.2) is 0 Å². The van der Waals surface area contributed by atoms with Gasteiger partial charge in [0.25, 0.3) is 0 Å². The number of nitrogens with zero attached hydrogens (tertiary/aromatic N) is 2. The normalized spacial score (nSPS) is 25.6. The maximum Gasteiger partial charge on any atom is 0.161 e. The van der Waals surface area contributed by atoms with E-state index in [2.05, 4.69) is 16.7 Å². The second-order valence-corrected chi connectivity index (χ2v) is 15.7. The van der Waals surface area contributed by atoms with E-state index in [1.165, 1.54) is 16.7 Å². The highest BCUT2D eigenvalue weighted by Gasteiger charge is 2.47. The number of fused-ring (bicyclic) bond motifs is 6. The van der Waals surface area contributed by atoms with Crippen molar-refractivity contribution in [3.05, 3.63) is 46.5 Å². The summed E-state index contributed by atoms with van der Waals surface area (Å²) in [6.07, 6.45) is 3.87. The number of hydrogen-bond acceptors (Lipinski definition) is 10. The summed E-state index contributed by atoms with van der Waals surface area (Å²) < 4.78 is 21.7. The maximum atomic E-state index is 12.8. The number of carbonyl (C=O) groups excluding carboxylic acids is 2. The Morgan fingerprint density at radius 1 is 0.735 bits per heavy atom. The van der Waals surface area contributed by atoms with Crippen LogP contribution in [-0.4, -0.2) is 97.4 Å². The van der Waals surface area contributed by atoms with E-state index < -0.39 is 11.2 Å². The molecule has 270 valence electrons. The van der Waals surface area contributed by atoms with Crippen molar-refractivity contribution >= 4 is 11.6 Å². The molecule has 0 amide bonds. The zero-order valence-corrected chi connectivity index (χ0v) is 30.9. The first-order valence-corrected chi connectivity index (χ1v) is 17.5. The minimum Gasteiger partial charge on any atom is -0.493 e. The lowest BCUT2D eigenvalue weighted by Crippen LogP contribution is -2.57. The molecule has 4 aliphatic rings. The number of aliphatic hydroxyl groups is 2. The number of ketones is 2. The first kappa shape index (κ1) is 37.1. The highest BCUT2D eigenvalue weighted by Crippen LogP contribution is 2.47. The van der Waals surface area contributed by atoms with Crippen molar-refractivity contribution in [3.63, 3.8) is 0 Å². The Morgan fingerprint density at radius 2 is 1.24 bits per heavy atom. The number of benzene rings is 2. The van der Waals surface area contributed by atoms with Gasteiger partial charge in [0.05, 0.1) is 45.2 Å². The van der Waals surface area contributed by atoms with Crippen LogP contribution in [0.25, 0.3) is 0 Å². The van der Waals surface area contributed by atoms with Gasteiger partial charge in [-0.3, -0.25) is 19.4 Å². The van der Waals surface area contributed by atoms with E-state index in [4.69, 9.17) is 18.9 Å². The number of hydrogen-bond donors (Lipinski definition) is 2. The Hall–Kier alpha value is -3.18. The summed E-state index contributed by atoms with van der Waals surface area (Å²) in [4.78, 5) is 30.2. The summed E-state index contributed by atoms with van der Waals surface area (Å²) in [6, 6.07) is 8.25. The van der Waals surface area contributed by atoms with Crippen LogP contribution in [0.15, 0.2) is 24.3 Å². The first-order valence-electron chi connectivity index (χ1n) is 17.5. The summed E-state index contributed by atoms with van der Waals surface area (Å²) >= 11 is 0. The predicted molar refractivity (Wildman–Crippen MR) is 188 cm³/mol. The standard InChI is InChI=1S/C20H29NO4.C19H27NO4/c1-19(2,23)10-14-12-21-7-6-13-8-17(24-4)18(25-5)9-15(13)20(21,3)11-16(14)22;1-19(2,22)10-13-11-20-6-5-12-7-17(23-3)18(24-4)8-14(12)15(20)9-16(13)21/h8-9,14,23H,6-7,10-12H2,1-5H3;7-8,13,15,22H,5-6,9-11H2,1-4H3/t14?,20-;13-,15-/m01/s1. The molecule has 0 bridgehead atoms. The molecule has 0 aliphatic carbocycles. The fourth-order valence-corrected chi connectivity index (χ4v) is 8.50. The molecule has 2 aromatic rings. The average Bonchev–Trinajstić information content (AvgIpc) is 3.03. The number of carbonyl (C=O) groups is 2. The highest BCUT2D eigenvalue weighted by molar-refractivity contribution is 5.84. The van der Waals surface area contributed by atoms with Gasteiger partial charge in [-0.1, -0.05) is 0 Å². The molecule has 0 spiro atoms. The van der Waals surface area contributed by atoms with Gasteiger partial charge in [0.2, 0.25) is 0 Å². The molecule has 0 aromatic heterocycles. The largest absolute Gasteiger partial charge is 0.493 e. The zero-order valence-electron chi connectivity index (χ0n) is 30.9. The predicted octanol–water partition coefficient (Wildman–Crippen LogP) is 4.88. The van der Waals surface area contributed by atoms with Crippen molar-refractivity contribution in [1.29, 1.82) is 0 Å². The highest BCUT2D eigenvalue weighted by atomic mass is 16.5. The van der Waals surface area contributed by atoms with Gasteiger partial charge in [0.15, 0.2) is 23.0 Å². The Balaban J connectivity index is 0.000000191. The Bertz CT molecular complexity index is 1540. The SMILES string of the molecule is COc1cc2c(cc1OC)[C@H]1CC(=O)[C@H](CC(C)(C)O)CN1CC2.COc1cc2c(cc1OC)[C@]1(C)CC(=O)C(CC(C)(C)O)CN1CC2. The van der Waals surface area contributed by atoms with Gasteiger partial charge >= 0.3 is 0 Å². The van der Waals surface area contributed by atoms with Crippen LogP contribution in [-0.2, 0) is 28.0 Å². The van der Waals surface area contributed by atoms with E-state index in [1.54, 1.807) is 56.1 Å². The molecule has 0 radical (unpaired) electrons. The summed E-state index contributed by atoms with van der Waals surface area (Å²) in [7, 11) is 6.56. The average molecular weight is 681 g/mol. The molecule has 49 heavy (non-hydrogen) atoms. The van der Waals surface area contributed by atoms with E-state index in [-0.39, 0.29) is 35.0 Å². The third-order valence-electron chi connectivity index (χ3n) is 10.9. The molecule has 6 rings (SSSR count). The molecule has 2 aromatic carbocycles. The van der Waals surface area contributed by atoms with Crippen molar-refractivity contribution < 1.29 is 38.7 Å². The minimum absolute atomic E-state index is 0.0806. The maximum absolute atomic E-state index is 12.8. The topological polar surface area (TPSA) is 118 Å². The number of rotatable bonds is 8. The lowest BCUT2D eigenvalue weighted by Gasteiger charge is -2.51. The van der Waals surface area contributed by atoms with Crippen LogP contribution in [0.4, 0.5) is 0 Å². The second-order valence-electron chi connectivity index (χ2n) is 15.7. The van der Waals surface area contributed by atoms with E-state index in [0.717, 1.165) is 49.5 Å². The summed E-state index contributed by atoms with van der Waals surface area (Å²) in [5.74, 6) is 3.20. The first-order chi connectivity index (χ1) is 23.0. The molecule has 0 saturated carbocycles. The van der Waals surface area contributed by atoms with E-state index in [0.29, 0.717) is 43.7 Å². The third kappa shape index (κ3) is 7.93. The van der Waals surface area contributed by atoms with Crippen molar-refractivity contribution in [2.45, 2.75) is 95.9 Å². The van der Waals surface area contributed by atoms with Crippen LogP contribution < -0.4 is 18.9 Å². The molecule has 1 unspecified atom stereocenters. The van der Waals surface area contributed by atoms with E-state index in [1.807, 2.05) is 24.3 Å². The fourth-order valence-electron chi connectivity index (χ4n) is 8.50. The number of Topliss-reactive ketones (excluding diaryl/α,β-unsaturated/α-hetero) is 2. The minimum atomic E-state index is -0.821. The lowest BCUT2D eigenvalue weighted by molar-refractivity contribution is -0.135. The van der Waals surface area contributed by atoms with Crippen LogP contribution in [0.3, 0.4) is 0 Å². The molecule has 4 heterocycles. The van der Waals surface area contributed by atoms with Gasteiger partial charge < -0.3 is 29.2 Å². The van der Waals surface area contributed by atoms with Gasteiger partial charge in [-0.15, -0.1) is 0 Å². The third-order valence-corrected chi connectivity index (χ3v) is 10.9. The smallest absolute Gasteiger partial charge is 0.161 e. The molecule has 4 atom stereocenters. The van der Waals surface area contributed by atoms with Crippen molar-refractivity contribution in [2.75, 3.05) is 54.6 Å². The van der Waals surface area contributed by atoms with Crippen molar-refractivity contribution in [1.82, 2.24) is 9.80 Å². The molecular weight excluding hydrogens is 624 g/mol. The molecular formula is C39H56N2O8. The van der Waals surface area contributed by atoms with Gasteiger partial charge in [-0.05, 0) is 107 Å². The Kier molecular flexibility index (Phi) is 10.8. The lowest BCUT2D eigenvalue weighted by atomic mass is 9.72. The Morgan fingerprint density at radius 3 is 1.82 bits per heavy atom. The molecule has 2 N–H and O–H groups in total. The van der Waals surface area contributed by atoms with Crippen LogP contribution in [0, 0.1) is 11.8 Å². The van der Waals surface area contributed by atoms with E-state index >= 15 is 0 Å². The zero-order chi connectivity index (χ0) is 35.9. The van der Waals surface area contributed by atoms with E-state index in [9.17, 15) is 19.8 Å².